The van der Waals surface area contributed by atoms with E-state index in [0.29, 0.717) is 6.04 Å². The number of likely N-dealkylation sites (tertiary alicyclic amines) is 1. The quantitative estimate of drug-likeness (QED) is 0.422. The summed E-state index contributed by atoms with van der Waals surface area (Å²) in [5.74, 6) is 1.72. The van der Waals surface area contributed by atoms with Crippen LogP contribution in [0.4, 0.5) is 0 Å². The Morgan fingerprint density at radius 3 is 2.79 bits per heavy atom. The topological polar surface area (TPSA) is 39.7 Å². The number of aliphatic imine (C=N–C) groups is 1. The van der Waals surface area contributed by atoms with Crippen molar-refractivity contribution in [3.63, 3.8) is 0 Å². The lowest BCUT2D eigenvalue weighted by Crippen LogP contribution is -2.44. The van der Waals surface area contributed by atoms with Crippen LogP contribution in [-0.2, 0) is 0 Å². The van der Waals surface area contributed by atoms with E-state index in [1.807, 2.05) is 7.05 Å². The predicted octanol–water partition coefficient (Wildman–Crippen LogP) is 2.07. The van der Waals surface area contributed by atoms with Crippen molar-refractivity contribution in [2.75, 3.05) is 33.7 Å². The first-order valence-corrected chi connectivity index (χ1v) is 7.81. The van der Waals surface area contributed by atoms with Gasteiger partial charge in [0.2, 0.25) is 0 Å². The van der Waals surface area contributed by atoms with Gasteiger partial charge in [-0.1, -0.05) is 26.2 Å². The van der Waals surface area contributed by atoms with Crippen LogP contribution in [0.2, 0.25) is 0 Å². The smallest absolute Gasteiger partial charge is 0.191 e. The first-order chi connectivity index (χ1) is 9.15. The number of unbranched alkanes of at least 4 members (excludes halogenated alkanes) is 2. The second-order valence-electron chi connectivity index (χ2n) is 5.91. The fourth-order valence-corrected chi connectivity index (χ4v) is 2.63. The summed E-state index contributed by atoms with van der Waals surface area (Å²) < 4.78 is 0. The Morgan fingerprint density at radius 2 is 2.21 bits per heavy atom. The summed E-state index contributed by atoms with van der Waals surface area (Å²) >= 11 is 0. The molecule has 2 atom stereocenters. The maximum atomic E-state index is 4.32. The van der Waals surface area contributed by atoms with Crippen molar-refractivity contribution in [1.29, 1.82) is 0 Å². The van der Waals surface area contributed by atoms with Crippen LogP contribution in [0, 0.1) is 5.92 Å². The van der Waals surface area contributed by atoms with Crippen molar-refractivity contribution in [2.24, 2.45) is 10.9 Å². The normalized spacial score (nSPS) is 22.5. The molecule has 0 aromatic carbocycles. The molecule has 1 rings (SSSR count). The highest BCUT2D eigenvalue weighted by Gasteiger charge is 2.19. The maximum absolute atomic E-state index is 4.32. The van der Waals surface area contributed by atoms with Crippen molar-refractivity contribution >= 4 is 5.96 Å². The molecule has 2 unspecified atom stereocenters. The molecule has 0 aromatic rings. The van der Waals surface area contributed by atoms with Gasteiger partial charge in [0, 0.05) is 26.2 Å². The molecule has 2 N–H and O–H groups in total. The lowest BCUT2D eigenvalue weighted by atomic mass is 10.1. The number of guanidine groups is 1. The molecule has 0 spiro atoms. The van der Waals surface area contributed by atoms with E-state index < -0.39 is 0 Å². The summed E-state index contributed by atoms with van der Waals surface area (Å²) in [6, 6.07) is 0.504. The Bertz CT molecular complexity index is 265. The minimum absolute atomic E-state index is 0.504. The van der Waals surface area contributed by atoms with Crippen LogP contribution >= 0.6 is 0 Å². The largest absolute Gasteiger partial charge is 0.356 e. The van der Waals surface area contributed by atoms with Crippen LogP contribution in [0.15, 0.2) is 4.99 Å². The number of nitrogens with one attached hydrogen (secondary N) is 2. The summed E-state index contributed by atoms with van der Waals surface area (Å²) in [5.41, 5.74) is 0. The highest BCUT2D eigenvalue weighted by atomic mass is 15.2. The number of hydrogen-bond donors (Lipinski definition) is 2. The summed E-state index contributed by atoms with van der Waals surface area (Å²) in [6.07, 6.45) is 6.43. The van der Waals surface area contributed by atoms with E-state index in [0.717, 1.165) is 18.4 Å². The lowest BCUT2D eigenvalue weighted by molar-refractivity contribution is 0.393. The Hall–Kier alpha value is -0.770. The standard InChI is InChI=1S/C15H32N4/c1-5-6-7-8-13(2)18-15(16-3)17-11-14-9-10-19(4)12-14/h13-14H,5-12H2,1-4H3,(H2,16,17,18). The molecule has 0 amide bonds. The number of nitrogens with zero attached hydrogens (tertiary/aromatic N) is 2. The zero-order chi connectivity index (χ0) is 14.1. The van der Waals surface area contributed by atoms with Gasteiger partial charge in [0.25, 0.3) is 0 Å². The molecule has 1 aliphatic rings. The van der Waals surface area contributed by atoms with Gasteiger partial charge >= 0.3 is 0 Å². The highest BCUT2D eigenvalue weighted by Crippen LogP contribution is 2.12. The van der Waals surface area contributed by atoms with Crippen LogP contribution in [0.1, 0.15) is 46.0 Å². The molecule has 1 saturated heterocycles. The van der Waals surface area contributed by atoms with Crippen LogP contribution in [0.3, 0.4) is 0 Å². The molecular weight excluding hydrogens is 236 g/mol. The van der Waals surface area contributed by atoms with Crippen molar-refractivity contribution in [1.82, 2.24) is 15.5 Å². The van der Waals surface area contributed by atoms with Gasteiger partial charge in [0.05, 0.1) is 0 Å². The van der Waals surface area contributed by atoms with Gasteiger partial charge in [0.1, 0.15) is 0 Å². The minimum atomic E-state index is 0.504. The predicted molar refractivity (Wildman–Crippen MR) is 83.7 cm³/mol. The summed E-state index contributed by atoms with van der Waals surface area (Å²) in [5, 5.41) is 6.95. The zero-order valence-corrected chi connectivity index (χ0v) is 13.2. The van der Waals surface area contributed by atoms with Crippen LogP contribution in [0.25, 0.3) is 0 Å². The average molecular weight is 268 g/mol. The van der Waals surface area contributed by atoms with E-state index in [4.69, 9.17) is 0 Å². The van der Waals surface area contributed by atoms with Crippen molar-refractivity contribution in [2.45, 2.75) is 52.0 Å². The Morgan fingerprint density at radius 1 is 1.42 bits per heavy atom. The van der Waals surface area contributed by atoms with E-state index in [9.17, 15) is 0 Å². The van der Waals surface area contributed by atoms with E-state index >= 15 is 0 Å². The molecular formula is C15H32N4. The maximum Gasteiger partial charge on any atom is 0.191 e. The number of rotatable bonds is 7. The lowest BCUT2D eigenvalue weighted by Gasteiger charge is -2.19. The van der Waals surface area contributed by atoms with Crippen molar-refractivity contribution < 1.29 is 0 Å². The van der Waals surface area contributed by atoms with E-state index in [1.54, 1.807) is 0 Å². The Kier molecular flexibility index (Phi) is 7.87. The molecule has 112 valence electrons. The summed E-state index contributed by atoms with van der Waals surface area (Å²) in [4.78, 5) is 6.72. The molecule has 0 bridgehead atoms. The second-order valence-corrected chi connectivity index (χ2v) is 5.91. The molecule has 1 aliphatic heterocycles. The van der Waals surface area contributed by atoms with Crippen molar-refractivity contribution in [3.8, 4) is 0 Å². The van der Waals surface area contributed by atoms with Crippen LogP contribution in [0.5, 0.6) is 0 Å². The highest BCUT2D eigenvalue weighted by molar-refractivity contribution is 5.79. The molecule has 4 nitrogen and oxygen atoms in total. The first kappa shape index (κ1) is 16.3. The van der Waals surface area contributed by atoms with Gasteiger partial charge in [0.15, 0.2) is 5.96 Å². The van der Waals surface area contributed by atoms with Crippen LogP contribution < -0.4 is 10.6 Å². The number of hydrogen-bond acceptors (Lipinski definition) is 2. The average Bonchev–Trinajstić information content (AvgIpc) is 2.80. The fraction of sp³-hybridized carbons (Fsp3) is 0.933. The van der Waals surface area contributed by atoms with Crippen molar-refractivity contribution in [3.05, 3.63) is 0 Å². The van der Waals surface area contributed by atoms with E-state index in [2.05, 4.69) is 41.4 Å². The zero-order valence-electron chi connectivity index (χ0n) is 13.2. The molecule has 1 fully saturated rings. The van der Waals surface area contributed by atoms with E-state index in [1.165, 1.54) is 45.2 Å². The third kappa shape index (κ3) is 6.81. The third-order valence-electron chi connectivity index (χ3n) is 3.89. The SMILES string of the molecule is CCCCCC(C)NC(=NC)NCC1CCN(C)C1. The minimum Gasteiger partial charge on any atom is -0.356 e. The Labute approximate surface area is 119 Å². The van der Waals surface area contributed by atoms with Gasteiger partial charge in [-0.15, -0.1) is 0 Å². The molecule has 0 saturated carbocycles. The molecule has 19 heavy (non-hydrogen) atoms. The summed E-state index contributed by atoms with van der Waals surface area (Å²) in [6.45, 7) is 7.95. The van der Waals surface area contributed by atoms with Crippen LogP contribution in [-0.4, -0.2) is 50.6 Å². The monoisotopic (exact) mass is 268 g/mol. The third-order valence-corrected chi connectivity index (χ3v) is 3.89. The summed E-state index contributed by atoms with van der Waals surface area (Å²) in [7, 11) is 4.05. The molecule has 1 heterocycles. The molecule has 0 aliphatic carbocycles. The Balaban J connectivity index is 2.18. The fourth-order valence-electron chi connectivity index (χ4n) is 2.63. The van der Waals surface area contributed by atoms with Gasteiger partial charge in [-0.25, -0.2) is 0 Å². The molecule has 4 heteroatoms. The van der Waals surface area contributed by atoms with Gasteiger partial charge < -0.3 is 15.5 Å². The first-order valence-electron chi connectivity index (χ1n) is 7.81. The van der Waals surface area contributed by atoms with Gasteiger partial charge in [-0.05, 0) is 39.3 Å². The molecule has 0 radical (unpaired) electrons. The van der Waals surface area contributed by atoms with E-state index in [-0.39, 0.29) is 0 Å². The van der Waals surface area contributed by atoms with Gasteiger partial charge in [-0.3, -0.25) is 4.99 Å². The molecule has 0 aromatic heterocycles. The second kappa shape index (κ2) is 9.18. The van der Waals surface area contributed by atoms with Gasteiger partial charge in [-0.2, -0.15) is 0 Å².